The van der Waals surface area contributed by atoms with Crippen LogP contribution in [-0.2, 0) is 9.59 Å². The van der Waals surface area contributed by atoms with E-state index in [2.05, 4.69) is 0 Å². The molecule has 23 heavy (non-hydrogen) atoms. The van der Waals surface area contributed by atoms with Gasteiger partial charge in [-0.25, -0.2) is 0 Å². The van der Waals surface area contributed by atoms with E-state index in [1.54, 1.807) is 24.3 Å². The molecule has 0 aliphatic carbocycles. The number of carbonyl (C=O) groups is 2. The third-order valence-electron chi connectivity index (χ3n) is 3.64. The Labute approximate surface area is 131 Å². The first kappa shape index (κ1) is 14.7. The van der Waals surface area contributed by atoms with E-state index in [9.17, 15) is 19.7 Å². The van der Waals surface area contributed by atoms with E-state index in [0.717, 1.165) is 0 Å². The zero-order valence-electron chi connectivity index (χ0n) is 12.5. The van der Waals surface area contributed by atoms with Gasteiger partial charge in [-0.15, -0.1) is 0 Å². The number of hydrogen-bond acceptors (Lipinski definition) is 4. The van der Waals surface area contributed by atoms with Crippen LogP contribution in [0.2, 0.25) is 0 Å². The Hall–Kier alpha value is -3.22. The van der Waals surface area contributed by atoms with E-state index in [1.807, 2.05) is 0 Å². The zero-order valence-corrected chi connectivity index (χ0v) is 12.5. The topological polar surface area (TPSA) is 83.8 Å². The Morgan fingerprint density at radius 3 is 1.83 bits per heavy atom. The van der Waals surface area contributed by atoms with Gasteiger partial charge in [-0.05, 0) is 18.2 Å². The number of nitro groups is 1. The third kappa shape index (κ3) is 2.22. The monoisotopic (exact) mass is 311 g/mol. The van der Waals surface area contributed by atoms with Gasteiger partial charge in [0.1, 0.15) is 0 Å². The molecule has 2 aromatic carbocycles. The molecule has 0 saturated heterocycles. The Bertz CT molecular complexity index is 847. The molecule has 2 aromatic rings. The van der Waals surface area contributed by atoms with Crippen molar-refractivity contribution < 1.29 is 14.5 Å². The summed E-state index contributed by atoms with van der Waals surface area (Å²) in [6, 6.07) is 11.1. The first-order valence-electron chi connectivity index (χ1n) is 6.90. The van der Waals surface area contributed by atoms with E-state index in [-0.39, 0.29) is 17.5 Å². The van der Waals surface area contributed by atoms with E-state index in [4.69, 9.17) is 0 Å². The minimum Gasteiger partial charge on any atom is -0.277 e. The molecule has 1 aliphatic heterocycles. The summed E-state index contributed by atoms with van der Waals surface area (Å²) in [7, 11) is 0. The van der Waals surface area contributed by atoms with Crippen molar-refractivity contribution in [2.24, 2.45) is 0 Å². The lowest BCUT2D eigenvalue weighted by atomic mass is 10.1. The van der Waals surface area contributed by atoms with Gasteiger partial charge in [0, 0.05) is 26.0 Å². The van der Waals surface area contributed by atoms with Crippen molar-refractivity contribution >= 4 is 40.3 Å². The number of rotatable bonds is 1. The predicted molar refractivity (Wildman–Crippen MR) is 85.2 cm³/mol. The van der Waals surface area contributed by atoms with Gasteiger partial charge in [-0.2, -0.15) is 0 Å². The number of anilines is 4. The fourth-order valence-corrected chi connectivity index (χ4v) is 2.77. The van der Waals surface area contributed by atoms with Gasteiger partial charge in [0.2, 0.25) is 11.8 Å². The van der Waals surface area contributed by atoms with Crippen LogP contribution in [0, 0.1) is 10.1 Å². The van der Waals surface area contributed by atoms with Gasteiger partial charge >= 0.3 is 0 Å². The standard InChI is InChI=1S/C16H13N3O4/c1-10(20)17-13-5-3-4-6-14(13)18(11(2)21)16-9-12(19(22)23)7-8-15(16)17/h3-9H,1-2H3. The van der Waals surface area contributed by atoms with Crippen molar-refractivity contribution in [2.45, 2.75) is 13.8 Å². The quantitative estimate of drug-likeness (QED) is 0.597. The number of amides is 2. The van der Waals surface area contributed by atoms with Gasteiger partial charge in [-0.1, -0.05) is 12.1 Å². The van der Waals surface area contributed by atoms with Crippen LogP contribution in [0.4, 0.5) is 28.4 Å². The highest BCUT2D eigenvalue weighted by Gasteiger charge is 2.33. The molecule has 1 heterocycles. The van der Waals surface area contributed by atoms with Crippen molar-refractivity contribution in [1.29, 1.82) is 0 Å². The number of carbonyl (C=O) groups excluding carboxylic acids is 2. The molecule has 0 saturated carbocycles. The maximum Gasteiger partial charge on any atom is 0.271 e. The third-order valence-corrected chi connectivity index (χ3v) is 3.64. The molecule has 2 amide bonds. The molecule has 0 spiro atoms. The minimum atomic E-state index is -0.531. The lowest BCUT2D eigenvalue weighted by Crippen LogP contribution is -2.34. The second kappa shape index (κ2) is 5.20. The van der Waals surface area contributed by atoms with Crippen LogP contribution in [0.1, 0.15) is 13.8 Å². The summed E-state index contributed by atoms with van der Waals surface area (Å²) in [4.78, 5) is 37.6. The summed E-state index contributed by atoms with van der Waals surface area (Å²) in [6.07, 6.45) is 0. The number of nitrogens with zero attached hydrogens (tertiary/aromatic N) is 3. The Morgan fingerprint density at radius 1 is 0.870 bits per heavy atom. The first-order valence-corrected chi connectivity index (χ1v) is 6.90. The molecular weight excluding hydrogens is 298 g/mol. The van der Waals surface area contributed by atoms with Gasteiger partial charge in [-0.3, -0.25) is 29.5 Å². The number of benzene rings is 2. The van der Waals surface area contributed by atoms with Crippen LogP contribution < -0.4 is 9.80 Å². The molecule has 7 heteroatoms. The Morgan fingerprint density at radius 2 is 1.35 bits per heavy atom. The molecule has 1 aliphatic rings. The van der Waals surface area contributed by atoms with E-state index in [0.29, 0.717) is 22.7 Å². The lowest BCUT2D eigenvalue weighted by molar-refractivity contribution is -0.384. The van der Waals surface area contributed by atoms with Crippen LogP contribution in [0.15, 0.2) is 42.5 Å². The summed E-state index contributed by atoms with van der Waals surface area (Å²) in [6.45, 7) is 2.79. The second-order valence-corrected chi connectivity index (χ2v) is 5.13. The molecule has 0 N–H and O–H groups in total. The molecule has 116 valence electrons. The number of hydrogen-bond donors (Lipinski definition) is 0. The van der Waals surface area contributed by atoms with Crippen molar-refractivity contribution in [3.8, 4) is 0 Å². The average Bonchev–Trinajstić information content (AvgIpc) is 2.50. The predicted octanol–water partition coefficient (Wildman–Crippen LogP) is 3.28. The van der Waals surface area contributed by atoms with Gasteiger partial charge in [0.25, 0.3) is 5.69 Å². The summed E-state index contributed by atoms with van der Waals surface area (Å²) in [5.41, 5.74) is 1.70. The van der Waals surface area contributed by atoms with Crippen LogP contribution in [0.5, 0.6) is 0 Å². The van der Waals surface area contributed by atoms with Crippen molar-refractivity contribution in [3.05, 3.63) is 52.6 Å². The molecule has 0 bridgehead atoms. The van der Waals surface area contributed by atoms with Crippen LogP contribution in [0.25, 0.3) is 0 Å². The Balaban J connectivity index is 2.34. The van der Waals surface area contributed by atoms with E-state index >= 15 is 0 Å². The Kier molecular flexibility index (Phi) is 3.33. The highest BCUT2D eigenvalue weighted by molar-refractivity contribution is 6.15. The van der Waals surface area contributed by atoms with Crippen molar-refractivity contribution in [3.63, 3.8) is 0 Å². The normalized spacial score (nSPS) is 12.4. The van der Waals surface area contributed by atoms with Crippen molar-refractivity contribution in [2.75, 3.05) is 9.80 Å². The summed E-state index contributed by atoms with van der Waals surface area (Å²) in [5, 5.41) is 11.0. The SMILES string of the molecule is CC(=O)N1c2ccccc2N(C(C)=O)c2cc([N+](=O)[O-])ccc21. The van der Waals surface area contributed by atoms with Crippen LogP contribution in [0.3, 0.4) is 0 Å². The summed E-state index contributed by atoms with van der Waals surface area (Å²) >= 11 is 0. The summed E-state index contributed by atoms with van der Waals surface area (Å²) in [5.74, 6) is -0.529. The number of nitro benzene ring substituents is 1. The zero-order chi connectivity index (χ0) is 16.7. The van der Waals surface area contributed by atoms with Gasteiger partial charge < -0.3 is 0 Å². The molecule has 0 fully saturated rings. The average molecular weight is 311 g/mol. The largest absolute Gasteiger partial charge is 0.277 e. The minimum absolute atomic E-state index is 0.141. The summed E-state index contributed by atoms with van der Waals surface area (Å²) < 4.78 is 0. The molecule has 7 nitrogen and oxygen atoms in total. The van der Waals surface area contributed by atoms with Gasteiger partial charge in [0.15, 0.2) is 0 Å². The number of non-ortho nitro benzene ring substituents is 1. The smallest absolute Gasteiger partial charge is 0.271 e. The molecule has 0 radical (unpaired) electrons. The maximum absolute atomic E-state index is 12.1. The molecule has 0 aromatic heterocycles. The van der Waals surface area contributed by atoms with Gasteiger partial charge in [0.05, 0.1) is 27.7 Å². The lowest BCUT2D eigenvalue weighted by Gasteiger charge is -2.36. The molecule has 0 unspecified atom stereocenters. The fraction of sp³-hybridized carbons (Fsp3) is 0.125. The second-order valence-electron chi connectivity index (χ2n) is 5.13. The fourth-order valence-electron chi connectivity index (χ4n) is 2.77. The highest BCUT2D eigenvalue weighted by atomic mass is 16.6. The maximum atomic E-state index is 12.1. The van der Waals surface area contributed by atoms with Crippen LogP contribution in [-0.4, -0.2) is 16.7 Å². The van der Waals surface area contributed by atoms with Crippen LogP contribution >= 0.6 is 0 Å². The van der Waals surface area contributed by atoms with Crippen molar-refractivity contribution in [1.82, 2.24) is 0 Å². The highest BCUT2D eigenvalue weighted by Crippen LogP contribution is 2.48. The van der Waals surface area contributed by atoms with E-state index < -0.39 is 4.92 Å². The molecular formula is C16H13N3O4. The van der Waals surface area contributed by atoms with E-state index in [1.165, 1.54) is 41.8 Å². The molecule has 0 atom stereocenters. The molecule has 3 rings (SSSR count). The first-order chi connectivity index (χ1) is 10.9. The number of para-hydroxylation sites is 2. The number of fused-ring (bicyclic) bond motifs is 2.